The highest BCUT2D eigenvalue weighted by molar-refractivity contribution is 6.05. The van der Waals surface area contributed by atoms with Crippen LogP contribution in [0.5, 0.6) is 0 Å². The molecule has 3 aromatic rings. The Kier molecular flexibility index (Phi) is 8.23. The third kappa shape index (κ3) is 7.38. The van der Waals surface area contributed by atoms with Gasteiger partial charge in [0.05, 0.1) is 6.20 Å². The maximum atomic E-state index is 12.7. The van der Waals surface area contributed by atoms with Gasteiger partial charge in [0.2, 0.25) is 0 Å². The van der Waals surface area contributed by atoms with Crippen molar-refractivity contribution in [1.82, 2.24) is 15.0 Å². The highest BCUT2D eigenvalue weighted by Gasteiger charge is 2.38. The quantitative estimate of drug-likeness (QED) is 0.492. The smallest absolute Gasteiger partial charge is 0.475 e. The number of halogens is 3. The molecule has 4 rings (SSSR count). The molecule has 0 spiro atoms. The molecule has 1 aliphatic carbocycles. The molecular formula is C24H26F3N5O3. The zero-order valence-electron chi connectivity index (χ0n) is 19.0. The fourth-order valence-corrected chi connectivity index (χ4v) is 3.81. The largest absolute Gasteiger partial charge is 0.490 e. The fraction of sp³-hybridized carbons (Fsp3) is 0.333. The number of alkyl halides is 3. The summed E-state index contributed by atoms with van der Waals surface area (Å²) in [7, 11) is 0. The van der Waals surface area contributed by atoms with Gasteiger partial charge in [-0.2, -0.15) is 13.2 Å². The van der Waals surface area contributed by atoms with Crippen molar-refractivity contribution in [2.45, 2.75) is 44.9 Å². The molecule has 1 amide bonds. The van der Waals surface area contributed by atoms with Crippen molar-refractivity contribution in [3.8, 4) is 11.3 Å². The molecule has 8 nitrogen and oxygen atoms in total. The minimum Gasteiger partial charge on any atom is -0.475 e. The van der Waals surface area contributed by atoms with Crippen LogP contribution in [0.25, 0.3) is 11.3 Å². The fourth-order valence-electron chi connectivity index (χ4n) is 3.81. The van der Waals surface area contributed by atoms with Crippen molar-refractivity contribution in [2.75, 3.05) is 5.32 Å². The summed E-state index contributed by atoms with van der Waals surface area (Å²) in [5, 5.41) is 18.7. The Hall–Kier alpha value is -3.73. The van der Waals surface area contributed by atoms with Crippen molar-refractivity contribution in [1.29, 1.82) is 0 Å². The Labute approximate surface area is 199 Å². The van der Waals surface area contributed by atoms with E-state index in [-0.39, 0.29) is 5.91 Å². The van der Waals surface area contributed by atoms with Gasteiger partial charge < -0.3 is 16.2 Å². The summed E-state index contributed by atoms with van der Waals surface area (Å²) in [6, 6.07) is 15.6. The number of nitrogens with one attached hydrogen (secondary N) is 1. The number of aryl methyl sites for hydroxylation is 1. The second-order valence-corrected chi connectivity index (χ2v) is 8.42. The number of carboxylic acid groups (broad SMARTS) is 1. The Morgan fingerprint density at radius 1 is 1.17 bits per heavy atom. The Morgan fingerprint density at radius 3 is 2.46 bits per heavy atom. The number of carbonyl (C=O) groups is 2. The SMILES string of the molecule is Cc1ccc(-c2cn(C[C@@H]3CC[C@H](N)C3)nn2)cc1C(=O)Nc1ccccc1.O=C(O)C(F)(F)F. The lowest BCUT2D eigenvalue weighted by atomic mass is 10.0. The minimum atomic E-state index is -5.08. The summed E-state index contributed by atoms with van der Waals surface area (Å²) in [4.78, 5) is 21.6. The van der Waals surface area contributed by atoms with E-state index in [0.29, 0.717) is 17.5 Å². The summed E-state index contributed by atoms with van der Waals surface area (Å²) >= 11 is 0. The Morgan fingerprint density at radius 2 is 1.86 bits per heavy atom. The lowest BCUT2D eigenvalue weighted by Crippen LogP contribution is -2.21. The summed E-state index contributed by atoms with van der Waals surface area (Å²) < 4.78 is 33.6. The van der Waals surface area contributed by atoms with Crippen LogP contribution < -0.4 is 11.1 Å². The second kappa shape index (κ2) is 11.1. The third-order valence-electron chi connectivity index (χ3n) is 5.62. The molecule has 1 heterocycles. The average Bonchev–Trinajstić information content (AvgIpc) is 3.43. The number of hydrogen-bond acceptors (Lipinski definition) is 5. The molecule has 186 valence electrons. The van der Waals surface area contributed by atoms with E-state index >= 15 is 0 Å². The number of aliphatic carboxylic acids is 1. The van der Waals surface area contributed by atoms with Crippen molar-refractivity contribution < 1.29 is 27.9 Å². The van der Waals surface area contributed by atoms with Crippen LogP contribution in [0.3, 0.4) is 0 Å². The number of anilines is 1. The van der Waals surface area contributed by atoms with Gasteiger partial charge in [-0.05, 0) is 55.9 Å². The molecule has 11 heteroatoms. The zero-order chi connectivity index (χ0) is 25.6. The number of rotatable bonds is 5. The molecule has 2 atom stereocenters. The Balaban J connectivity index is 0.000000429. The Bertz CT molecular complexity index is 1160. The van der Waals surface area contributed by atoms with Crippen LogP contribution in [0.2, 0.25) is 0 Å². The van der Waals surface area contributed by atoms with Crippen LogP contribution >= 0.6 is 0 Å². The van der Waals surface area contributed by atoms with E-state index in [1.165, 1.54) is 0 Å². The van der Waals surface area contributed by atoms with Crippen LogP contribution in [0.4, 0.5) is 18.9 Å². The van der Waals surface area contributed by atoms with Gasteiger partial charge in [0.15, 0.2) is 0 Å². The second-order valence-electron chi connectivity index (χ2n) is 8.42. The topological polar surface area (TPSA) is 123 Å². The average molecular weight is 489 g/mol. The first-order chi connectivity index (χ1) is 16.5. The summed E-state index contributed by atoms with van der Waals surface area (Å²) in [6.07, 6.45) is 0.145. The number of amides is 1. The lowest BCUT2D eigenvalue weighted by Gasteiger charge is -2.09. The normalized spacial score (nSPS) is 17.4. The van der Waals surface area contributed by atoms with Crippen LogP contribution in [0, 0.1) is 12.8 Å². The predicted octanol–water partition coefficient (Wildman–Crippen LogP) is 4.27. The first kappa shape index (κ1) is 25.9. The van der Waals surface area contributed by atoms with Gasteiger partial charge in [0, 0.05) is 29.4 Å². The van der Waals surface area contributed by atoms with Crippen molar-refractivity contribution in [3.63, 3.8) is 0 Å². The number of carboxylic acids is 1. The molecule has 0 bridgehead atoms. The van der Waals surface area contributed by atoms with Gasteiger partial charge >= 0.3 is 12.1 Å². The van der Waals surface area contributed by atoms with Crippen molar-refractivity contribution >= 4 is 17.6 Å². The molecule has 0 radical (unpaired) electrons. The molecule has 1 fully saturated rings. The van der Waals surface area contributed by atoms with E-state index < -0.39 is 12.1 Å². The highest BCUT2D eigenvalue weighted by Crippen LogP contribution is 2.26. The van der Waals surface area contributed by atoms with Gasteiger partial charge in [-0.1, -0.05) is 35.5 Å². The number of aromatic nitrogens is 3. The zero-order valence-corrected chi connectivity index (χ0v) is 19.0. The monoisotopic (exact) mass is 489 g/mol. The molecule has 0 unspecified atom stereocenters. The van der Waals surface area contributed by atoms with Crippen LogP contribution in [-0.4, -0.2) is 44.2 Å². The number of nitrogens with two attached hydrogens (primary N) is 1. The number of benzene rings is 2. The van der Waals surface area contributed by atoms with E-state index in [4.69, 9.17) is 15.6 Å². The lowest BCUT2D eigenvalue weighted by molar-refractivity contribution is -0.192. The number of para-hydroxylation sites is 1. The summed E-state index contributed by atoms with van der Waals surface area (Å²) in [5.41, 5.74) is 10.0. The van der Waals surface area contributed by atoms with E-state index in [9.17, 15) is 18.0 Å². The molecule has 2 aromatic carbocycles. The number of nitrogens with zero attached hydrogens (tertiary/aromatic N) is 3. The van der Waals surface area contributed by atoms with E-state index in [0.717, 1.165) is 48.3 Å². The molecular weight excluding hydrogens is 463 g/mol. The van der Waals surface area contributed by atoms with Crippen molar-refractivity contribution in [2.24, 2.45) is 11.7 Å². The molecule has 1 aromatic heterocycles. The summed E-state index contributed by atoms with van der Waals surface area (Å²) in [5.74, 6) is -2.32. The van der Waals surface area contributed by atoms with Gasteiger partial charge in [-0.25, -0.2) is 4.79 Å². The molecule has 0 saturated heterocycles. The van der Waals surface area contributed by atoms with Crippen LogP contribution in [0.15, 0.2) is 54.7 Å². The van der Waals surface area contributed by atoms with Crippen LogP contribution in [0.1, 0.15) is 35.2 Å². The molecule has 0 aliphatic heterocycles. The van der Waals surface area contributed by atoms with Gasteiger partial charge in [0.1, 0.15) is 5.69 Å². The predicted molar refractivity (Wildman–Crippen MR) is 124 cm³/mol. The molecule has 1 saturated carbocycles. The number of hydrogen-bond donors (Lipinski definition) is 3. The van der Waals surface area contributed by atoms with Gasteiger partial charge in [-0.15, -0.1) is 5.10 Å². The van der Waals surface area contributed by atoms with Crippen LogP contribution in [-0.2, 0) is 11.3 Å². The summed E-state index contributed by atoms with van der Waals surface area (Å²) in [6.45, 7) is 2.78. The molecule has 35 heavy (non-hydrogen) atoms. The van der Waals surface area contributed by atoms with Gasteiger partial charge in [0.25, 0.3) is 5.91 Å². The van der Waals surface area contributed by atoms with Gasteiger partial charge in [-0.3, -0.25) is 9.48 Å². The maximum absolute atomic E-state index is 12.7. The first-order valence-corrected chi connectivity index (χ1v) is 11.0. The maximum Gasteiger partial charge on any atom is 0.490 e. The van der Waals surface area contributed by atoms with Crippen molar-refractivity contribution in [3.05, 3.63) is 65.9 Å². The van der Waals surface area contributed by atoms with E-state index in [2.05, 4.69) is 15.6 Å². The third-order valence-corrected chi connectivity index (χ3v) is 5.62. The van der Waals surface area contributed by atoms with E-state index in [1.54, 1.807) is 0 Å². The molecule has 1 aliphatic rings. The van der Waals surface area contributed by atoms with E-state index in [1.807, 2.05) is 66.3 Å². The molecule has 4 N–H and O–H groups in total. The standard InChI is InChI=1S/C22H25N5O.C2HF3O2/c1-15-7-9-17(12-20(15)22(28)24-19-5-3-2-4-6-19)21-14-27(26-25-21)13-16-8-10-18(23)11-16;3-2(4,5)1(6)7/h2-7,9,12,14,16,18H,8,10-11,13,23H2,1H3,(H,24,28);(H,6,7)/t16-,18+;/m1./s1. The minimum absolute atomic E-state index is 0.127. The number of carbonyl (C=O) groups excluding carboxylic acids is 1. The highest BCUT2D eigenvalue weighted by atomic mass is 19.4. The first-order valence-electron chi connectivity index (χ1n) is 11.0.